The number of hydrogen-bond acceptors (Lipinski definition) is 4. The third-order valence-electron chi connectivity index (χ3n) is 3.81. The van der Waals surface area contributed by atoms with Crippen LogP contribution >= 0.6 is 23.4 Å². The highest BCUT2D eigenvalue weighted by Crippen LogP contribution is 2.22. The Balaban J connectivity index is 1.66. The van der Waals surface area contributed by atoms with Gasteiger partial charge in [0, 0.05) is 23.2 Å². The first kappa shape index (κ1) is 16.8. The summed E-state index contributed by atoms with van der Waals surface area (Å²) in [5, 5.41) is 9.40. The fourth-order valence-electron chi connectivity index (χ4n) is 2.52. The molecule has 2 heterocycles. The van der Waals surface area contributed by atoms with Crippen molar-refractivity contribution in [2.24, 2.45) is 0 Å². The summed E-state index contributed by atoms with van der Waals surface area (Å²) in [7, 11) is 0. The molecule has 2 aromatic carbocycles. The molecule has 0 saturated heterocycles. The lowest BCUT2D eigenvalue weighted by molar-refractivity contribution is 0.626. The second-order valence-electron chi connectivity index (χ2n) is 5.54. The van der Waals surface area contributed by atoms with E-state index in [4.69, 9.17) is 11.6 Å². The molecule has 0 saturated carbocycles. The monoisotopic (exact) mass is 386 g/mol. The van der Waals surface area contributed by atoms with E-state index in [-0.39, 0.29) is 11.2 Å². The SMILES string of the molecule is O=c1c2nnc(SCc3ccc(Cl)cc3)n2ccn1-c1cccc(F)c1. The van der Waals surface area contributed by atoms with E-state index in [0.717, 1.165) is 5.56 Å². The maximum atomic E-state index is 13.4. The molecule has 0 radical (unpaired) electrons. The molecule has 0 aliphatic carbocycles. The van der Waals surface area contributed by atoms with Crippen molar-refractivity contribution in [3.8, 4) is 5.69 Å². The molecule has 0 unspecified atom stereocenters. The molecule has 5 nitrogen and oxygen atoms in total. The van der Waals surface area contributed by atoms with E-state index in [9.17, 15) is 9.18 Å². The quantitative estimate of drug-likeness (QED) is 0.498. The third-order valence-corrected chi connectivity index (χ3v) is 5.07. The molecule has 26 heavy (non-hydrogen) atoms. The zero-order valence-electron chi connectivity index (χ0n) is 13.3. The van der Waals surface area contributed by atoms with Gasteiger partial charge in [0.1, 0.15) is 5.82 Å². The van der Waals surface area contributed by atoms with E-state index in [0.29, 0.717) is 21.6 Å². The average Bonchev–Trinajstić information content (AvgIpc) is 3.05. The van der Waals surface area contributed by atoms with Gasteiger partial charge >= 0.3 is 5.56 Å². The van der Waals surface area contributed by atoms with Crippen LogP contribution in [0.15, 0.2) is 70.9 Å². The van der Waals surface area contributed by atoms with Gasteiger partial charge in [0.05, 0.1) is 5.69 Å². The number of aromatic nitrogens is 4. The summed E-state index contributed by atoms with van der Waals surface area (Å²) in [6, 6.07) is 13.4. The highest BCUT2D eigenvalue weighted by Gasteiger charge is 2.12. The van der Waals surface area contributed by atoms with Crippen molar-refractivity contribution in [1.82, 2.24) is 19.2 Å². The van der Waals surface area contributed by atoms with Crippen molar-refractivity contribution in [1.29, 1.82) is 0 Å². The van der Waals surface area contributed by atoms with Gasteiger partial charge in [-0.2, -0.15) is 0 Å². The summed E-state index contributed by atoms with van der Waals surface area (Å²) in [6.07, 6.45) is 3.28. The van der Waals surface area contributed by atoms with Gasteiger partial charge in [-0.1, -0.05) is 41.6 Å². The maximum Gasteiger partial charge on any atom is 0.300 e. The van der Waals surface area contributed by atoms with Crippen LogP contribution in [0.1, 0.15) is 5.56 Å². The maximum absolute atomic E-state index is 13.4. The number of nitrogens with zero attached hydrogens (tertiary/aromatic N) is 4. The largest absolute Gasteiger partial charge is 0.300 e. The highest BCUT2D eigenvalue weighted by molar-refractivity contribution is 7.98. The van der Waals surface area contributed by atoms with E-state index in [2.05, 4.69) is 10.2 Å². The van der Waals surface area contributed by atoms with Crippen LogP contribution in [0.4, 0.5) is 4.39 Å². The summed E-state index contributed by atoms with van der Waals surface area (Å²) < 4.78 is 16.4. The van der Waals surface area contributed by atoms with E-state index >= 15 is 0 Å². The van der Waals surface area contributed by atoms with Gasteiger partial charge in [0.2, 0.25) is 5.65 Å². The normalized spacial score (nSPS) is 11.2. The Bertz CT molecular complexity index is 1140. The average molecular weight is 387 g/mol. The number of benzene rings is 2. The zero-order valence-corrected chi connectivity index (χ0v) is 14.9. The van der Waals surface area contributed by atoms with Gasteiger partial charge in [-0.25, -0.2) is 4.39 Å². The molecule has 0 N–H and O–H groups in total. The smallest absolute Gasteiger partial charge is 0.279 e. The van der Waals surface area contributed by atoms with Crippen molar-refractivity contribution in [3.63, 3.8) is 0 Å². The minimum absolute atomic E-state index is 0.190. The summed E-state index contributed by atoms with van der Waals surface area (Å²) in [5.74, 6) is 0.264. The van der Waals surface area contributed by atoms with Crippen LogP contribution in [0, 0.1) is 5.82 Å². The third kappa shape index (κ3) is 3.23. The molecule has 0 bridgehead atoms. The minimum Gasteiger partial charge on any atom is -0.279 e. The van der Waals surface area contributed by atoms with Crippen LogP contribution in [-0.2, 0) is 5.75 Å². The predicted molar refractivity (Wildman–Crippen MR) is 99.6 cm³/mol. The number of thioether (sulfide) groups is 1. The van der Waals surface area contributed by atoms with Crippen molar-refractivity contribution in [2.45, 2.75) is 10.9 Å². The Kier molecular flexibility index (Phi) is 4.48. The summed E-state index contributed by atoms with van der Waals surface area (Å²) >= 11 is 7.35. The first-order valence-corrected chi connectivity index (χ1v) is 9.08. The molecule has 0 aliphatic heterocycles. The molecule has 0 atom stereocenters. The summed E-state index contributed by atoms with van der Waals surface area (Å²) in [5.41, 5.74) is 1.36. The lowest BCUT2D eigenvalue weighted by atomic mass is 10.2. The van der Waals surface area contributed by atoms with Gasteiger partial charge in [-0.15, -0.1) is 10.2 Å². The molecule has 0 spiro atoms. The summed E-state index contributed by atoms with van der Waals surface area (Å²) in [6.45, 7) is 0. The highest BCUT2D eigenvalue weighted by atomic mass is 35.5. The lowest BCUT2D eigenvalue weighted by Crippen LogP contribution is -2.20. The molecule has 4 rings (SSSR count). The Morgan fingerprint density at radius 2 is 1.88 bits per heavy atom. The molecule has 2 aromatic heterocycles. The minimum atomic E-state index is -0.407. The number of hydrogen-bond donors (Lipinski definition) is 0. The van der Waals surface area contributed by atoms with Crippen molar-refractivity contribution < 1.29 is 4.39 Å². The molecule has 8 heteroatoms. The second-order valence-corrected chi connectivity index (χ2v) is 6.92. The molecule has 0 aliphatic rings. The molecular weight excluding hydrogens is 375 g/mol. The van der Waals surface area contributed by atoms with E-state index in [1.54, 1.807) is 28.9 Å². The summed E-state index contributed by atoms with van der Waals surface area (Å²) in [4.78, 5) is 12.7. The molecule has 4 aromatic rings. The topological polar surface area (TPSA) is 52.2 Å². The molecule has 0 amide bonds. The Labute approximate surface area is 157 Å². The Morgan fingerprint density at radius 1 is 1.08 bits per heavy atom. The number of fused-ring (bicyclic) bond motifs is 1. The second kappa shape index (κ2) is 6.93. The van der Waals surface area contributed by atoms with Gasteiger partial charge in [0.15, 0.2) is 5.16 Å². The molecule has 130 valence electrons. The van der Waals surface area contributed by atoms with Gasteiger partial charge in [0.25, 0.3) is 0 Å². The molecular formula is C18H12ClFN4OS. The van der Waals surface area contributed by atoms with Gasteiger partial charge < -0.3 is 0 Å². The standard InChI is InChI=1S/C18H12ClFN4OS/c19-13-6-4-12(5-7-13)11-26-18-22-21-16-17(25)23(8-9-24(16)18)15-3-1-2-14(20)10-15/h1-10H,11H2. The number of halogens is 2. The van der Waals surface area contributed by atoms with E-state index < -0.39 is 5.82 Å². The lowest BCUT2D eigenvalue weighted by Gasteiger charge is -2.06. The van der Waals surface area contributed by atoms with Crippen LogP contribution < -0.4 is 5.56 Å². The molecule has 0 fully saturated rings. The Morgan fingerprint density at radius 3 is 2.65 bits per heavy atom. The fourth-order valence-corrected chi connectivity index (χ4v) is 3.52. The fraction of sp³-hybridized carbons (Fsp3) is 0.0556. The zero-order chi connectivity index (χ0) is 18.1. The number of rotatable bonds is 4. The van der Waals surface area contributed by atoms with Crippen LogP contribution in [-0.4, -0.2) is 19.2 Å². The van der Waals surface area contributed by atoms with Crippen LogP contribution in [0.3, 0.4) is 0 Å². The predicted octanol–water partition coefficient (Wildman–Crippen LogP) is 3.97. The van der Waals surface area contributed by atoms with Gasteiger partial charge in [-0.3, -0.25) is 13.8 Å². The van der Waals surface area contributed by atoms with Crippen LogP contribution in [0.25, 0.3) is 11.3 Å². The van der Waals surface area contributed by atoms with Crippen molar-refractivity contribution >= 4 is 29.0 Å². The first-order valence-electron chi connectivity index (χ1n) is 7.71. The van der Waals surface area contributed by atoms with Crippen LogP contribution in [0.2, 0.25) is 5.02 Å². The van der Waals surface area contributed by atoms with Gasteiger partial charge in [-0.05, 0) is 35.9 Å². The first-order chi connectivity index (χ1) is 12.6. The van der Waals surface area contributed by atoms with Crippen LogP contribution in [0.5, 0.6) is 0 Å². The van der Waals surface area contributed by atoms with E-state index in [1.807, 2.05) is 24.3 Å². The Hall–Kier alpha value is -2.64. The van der Waals surface area contributed by atoms with Crippen molar-refractivity contribution in [3.05, 3.63) is 87.7 Å². The van der Waals surface area contributed by atoms with Crippen molar-refractivity contribution in [2.75, 3.05) is 0 Å². The van der Waals surface area contributed by atoms with E-state index in [1.165, 1.54) is 28.5 Å².